The van der Waals surface area contributed by atoms with Gasteiger partial charge in [-0.1, -0.05) is 5.92 Å². The van der Waals surface area contributed by atoms with Crippen molar-refractivity contribution in [2.24, 2.45) is 0 Å². The fraction of sp³-hybridized carbons (Fsp3) is 0.571. The number of aromatic nitrogens is 2. The molecule has 0 aromatic carbocycles. The number of rotatable bonds is 6. The average molecular weight is 296 g/mol. The maximum absolute atomic E-state index is 13.1. The van der Waals surface area contributed by atoms with E-state index in [0.717, 1.165) is 0 Å². The molecule has 1 aliphatic rings. The Kier molecular flexibility index (Phi) is 5.84. The topological polar surface area (TPSA) is 50.3 Å². The van der Waals surface area contributed by atoms with Crippen molar-refractivity contribution in [3.8, 4) is 12.3 Å². The molecule has 7 heteroatoms. The summed E-state index contributed by atoms with van der Waals surface area (Å²) in [5.74, 6) is 2.81. The minimum atomic E-state index is -2.38. The number of terminal acetylenes is 1. The van der Waals surface area contributed by atoms with Crippen LogP contribution >= 0.6 is 0 Å². The standard InChI is InChI=1S/C14H18F2N4O/c1-2-11-9-18-14(19-10-11)17-4-3-12(13(15)16)20-5-7-21-8-6-20/h1,9-10,12-13H,3-8H2,(H,17,18,19). The van der Waals surface area contributed by atoms with Crippen LogP contribution < -0.4 is 5.32 Å². The van der Waals surface area contributed by atoms with Gasteiger partial charge in [0.1, 0.15) is 0 Å². The molecule has 0 radical (unpaired) electrons. The molecule has 21 heavy (non-hydrogen) atoms. The molecule has 0 spiro atoms. The first kappa shape index (κ1) is 15.6. The fourth-order valence-corrected chi connectivity index (χ4v) is 2.20. The Bertz CT molecular complexity index is 469. The summed E-state index contributed by atoms with van der Waals surface area (Å²) in [5.41, 5.74) is 0.583. The third kappa shape index (κ3) is 4.62. The highest BCUT2D eigenvalue weighted by atomic mass is 19.3. The van der Waals surface area contributed by atoms with Crippen molar-refractivity contribution in [1.29, 1.82) is 0 Å². The van der Waals surface area contributed by atoms with Crippen molar-refractivity contribution in [2.45, 2.75) is 18.9 Å². The Hall–Kier alpha value is -1.78. The minimum absolute atomic E-state index is 0.317. The normalized spacial score (nSPS) is 17.4. The van der Waals surface area contributed by atoms with Gasteiger partial charge in [-0.2, -0.15) is 0 Å². The van der Waals surface area contributed by atoms with Crippen LogP contribution in [0.4, 0.5) is 14.7 Å². The molecule has 1 unspecified atom stereocenters. The van der Waals surface area contributed by atoms with Gasteiger partial charge in [0, 0.05) is 32.0 Å². The lowest BCUT2D eigenvalue weighted by Gasteiger charge is -2.34. The molecule has 1 aliphatic heterocycles. The van der Waals surface area contributed by atoms with Crippen LogP contribution in [0.25, 0.3) is 0 Å². The number of morpholine rings is 1. The highest BCUT2D eigenvalue weighted by Crippen LogP contribution is 2.15. The Balaban J connectivity index is 1.82. The second-order valence-electron chi connectivity index (χ2n) is 4.71. The molecule has 114 valence electrons. The Labute approximate surface area is 122 Å². The second-order valence-corrected chi connectivity index (χ2v) is 4.71. The van der Waals surface area contributed by atoms with Crippen LogP contribution in [-0.4, -0.2) is 60.2 Å². The summed E-state index contributed by atoms with van der Waals surface area (Å²) in [6, 6.07) is -0.772. The van der Waals surface area contributed by atoms with Crippen LogP contribution in [-0.2, 0) is 4.74 Å². The van der Waals surface area contributed by atoms with Gasteiger partial charge in [-0.25, -0.2) is 18.7 Å². The van der Waals surface area contributed by atoms with E-state index < -0.39 is 12.5 Å². The molecule has 1 saturated heterocycles. The summed E-state index contributed by atoms with van der Waals surface area (Å²) in [4.78, 5) is 9.81. The average Bonchev–Trinajstić information content (AvgIpc) is 2.52. The van der Waals surface area contributed by atoms with Gasteiger partial charge in [-0.05, 0) is 6.42 Å². The summed E-state index contributed by atoms with van der Waals surface area (Å²) >= 11 is 0. The lowest BCUT2D eigenvalue weighted by atomic mass is 10.1. The van der Waals surface area contributed by atoms with Crippen LogP contribution in [0.1, 0.15) is 12.0 Å². The van der Waals surface area contributed by atoms with E-state index in [0.29, 0.717) is 50.8 Å². The van der Waals surface area contributed by atoms with Gasteiger partial charge in [0.15, 0.2) is 0 Å². The second kappa shape index (κ2) is 7.86. The molecule has 1 aromatic heterocycles. The highest BCUT2D eigenvalue weighted by molar-refractivity contribution is 5.31. The first-order valence-corrected chi connectivity index (χ1v) is 6.83. The molecular formula is C14H18F2N4O. The zero-order valence-corrected chi connectivity index (χ0v) is 11.6. The summed E-state index contributed by atoms with van der Waals surface area (Å²) in [6.45, 7) is 2.48. The van der Waals surface area contributed by atoms with Gasteiger partial charge in [-0.15, -0.1) is 6.42 Å². The van der Waals surface area contributed by atoms with Crippen LogP contribution in [0.2, 0.25) is 0 Å². The van der Waals surface area contributed by atoms with Crippen LogP contribution in [0.3, 0.4) is 0 Å². The Morgan fingerprint density at radius 3 is 2.57 bits per heavy atom. The lowest BCUT2D eigenvalue weighted by Crippen LogP contribution is -2.47. The maximum Gasteiger partial charge on any atom is 0.253 e. The summed E-state index contributed by atoms with van der Waals surface area (Å²) in [6.07, 6.45) is 6.18. The first-order chi connectivity index (χ1) is 10.2. The van der Waals surface area contributed by atoms with Crippen molar-refractivity contribution in [3.63, 3.8) is 0 Å². The maximum atomic E-state index is 13.1. The molecule has 2 rings (SSSR count). The van der Waals surface area contributed by atoms with Crippen LogP contribution in [0, 0.1) is 12.3 Å². The van der Waals surface area contributed by atoms with Gasteiger partial charge in [0.2, 0.25) is 5.95 Å². The zero-order chi connectivity index (χ0) is 15.1. The van der Waals surface area contributed by atoms with E-state index in [1.165, 1.54) is 12.4 Å². The van der Waals surface area contributed by atoms with Crippen molar-refractivity contribution < 1.29 is 13.5 Å². The third-order valence-corrected chi connectivity index (χ3v) is 3.35. The minimum Gasteiger partial charge on any atom is -0.379 e. The Morgan fingerprint density at radius 2 is 2.00 bits per heavy atom. The third-order valence-electron chi connectivity index (χ3n) is 3.35. The van der Waals surface area contributed by atoms with E-state index in [4.69, 9.17) is 11.2 Å². The molecule has 1 atom stereocenters. The smallest absolute Gasteiger partial charge is 0.253 e. The largest absolute Gasteiger partial charge is 0.379 e. The van der Waals surface area contributed by atoms with Crippen LogP contribution in [0.5, 0.6) is 0 Å². The van der Waals surface area contributed by atoms with E-state index in [9.17, 15) is 8.78 Å². The zero-order valence-electron chi connectivity index (χ0n) is 11.6. The van der Waals surface area contributed by atoms with E-state index in [2.05, 4.69) is 21.2 Å². The van der Waals surface area contributed by atoms with E-state index in [1.54, 1.807) is 4.90 Å². The number of alkyl halides is 2. The quantitative estimate of drug-likeness (QED) is 0.800. The van der Waals surface area contributed by atoms with Crippen LogP contribution in [0.15, 0.2) is 12.4 Å². The number of hydrogen-bond acceptors (Lipinski definition) is 5. The lowest BCUT2D eigenvalue weighted by molar-refractivity contribution is -0.0348. The van der Waals surface area contributed by atoms with Crippen molar-refractivity contribution in [3.05, 3.63) is 18.0 Å². The van der Waals surface area contributed by atoms with E-state index >= 15 is 0 Å². The van der Waals surface area contributed by atoms with Gasteiger partial charge in [0.25, 0.3) is 6.43 Å². The number of anilines is 1. The molecule has 0 bridgehead atoms. The molecule has 0 amide bonds. The molecule has 1 fully saturated rings. The number of nitrogens with one attached hydrogen (secondary N) is 1. The van der Waals surface area contributed by atoms with Gasteiger partial charge in [-0.3, -0.25) is 4.90 Å². The highest BCUT2D eigenvalue weighted by Gasteiger charge is 2.28. The van der Waals surface area contributed by atoms with Crippen molar-refractivity contribution in [2.75, 3.05) is 38.2 Å². The molecule has 1 N–H and O–H groups in total. The molecule has 0 aliphatic carbocycles. The number of ether oxygens (including phenoxy) is 1. The van der Waals surface area contributed by atoms with Crippen molar-refractivity contribution in [1.82, 2.24) is 14.9 Å². The van der Waals surface area contributed by atoms with E-state index in [-0.39, 0.29) is 0 Å². The first-order valence-electron chi connectivity index (χ1n) is 6.83. The SMILES string of the molecule is C#Cc1cnc(NCCC(C(F)F)N2CCOCC2)nc1. The molecule has 1 aromatic rings. The summed E-state index contributed by atoms with van der Waals surface area (Å²) in [5, 5.41) is 2.94. The predicted molar refractivity (Wildman–Crippen MR) is 75.3 cm³/mol. The summed E-state index contributed by atoms with van der Waals surface area (Å²) in [7, 11) is 0. The number of halogens is 2. The van der Waals surface area contributed by atoms with Crippen molar-refractivity contribution >= 4 is 5.95 Å². The molecule has 5 nitrogen and oxygen atoms in total. The fourth-order valence-electron chi connectivity index (χ4n) is 2.20. The Morgan fingerprint density at radius 1 is 1.33 bits per heavy atom. The number of nitrogens with zero attached hydrogens (tertiary/aromatic N) is 3. The van der Waals surface area contributed by atoms with E-state index in [1.807, 2.05) is 0 Å². The molecule has 2 heterocycles. The van der Waals surface area contributed by atoms with Gasteiger partial charge in [0.05, 0.1) is 24.8 Å². The summed E-state index contributed by atoms with van der Waals surface area (Å²) < 4.78 is 31.5. The number of hydrogen-bond donors (Lipinski definition) is 1. The molecule has 0 saturated carbocycles. The van der Waals surface area contributed by atoms with Gasteiger partial charge < -0.3 is 10.1 Å². The predicted octanol–water partition coefficient (Wildman–Crippen LogP) is 1.23. The van der Waals surface area contributed by atoms with Gasteiger partial charge >= 0.3 is 0 Å². The monoisotopic (exact) mass is 296 g/mol. The molecular weight excluding hydrogens is 278 g/mol.